The maximum atomic E-state index is 14.2. The first-order valence-corrected chi connectivity index (χ1v) is 14.3. The fraction of sp³-hybridized carbons (Fsp3) is 0.281. The number of likely N-dealkylation sites (N-methyl/N-ethyl adjacent to an activating group) is 1. The highest BCUT2D eigenvalue weighted by Crippen LogP contribution is 2.40. The first-order chi connectivity index (χ1) is 19.4. The SMILES string of the molecule is CCOc1ccc(/C=c2/sc3n(c2=O)[C@@H](c2c(OC)ccc4ccccc24)C(C(=O)N(CC)CC)=C(C)N=3)cc1. The largest absolute Gasteiger partial charge is 0.496 e. The average molecular weight is 556 g/mol. The summed E-state index contributed by atoms with van der Waals surface area (Å²) < 4.78 is 13.6. The van der Waals surface area contributed by atoms with Crippen molar-refractivity contribution in [3.05, 3.63) is 103 Å². The number of amides is 1. The number of methoxy groups -OCH3 is 1. The number of fused-ring (bicyclic) bond motifs is 2. The van der Waals surface area contributed by atoms with E-state index < -0.39 is 6.04 Å². The van der Waals surface area contributed by atoms with E-state index in [1.54, 1.807) is 16.6 Å². The van der Waals surface area contributed by atoms with Crippen molar-refractivity contribution in [1.29, 1.82) is 0 Å². The average Bonchev–Trinajstić information content (AvgIpc) is 3.27. The van der Waals surface area contributed by atoms with E-state index in [2.05, 4.69) is 0 Å². The number of carbonyl (C=O) groups is 1. The number of carbonyl (C=O) groups excluding carboxylic acids is 1. The van der Waals surface area contributed by atoms with Crippen LogP contribution in [0.3, 0.4) is 0 Å². The van der Waals surface area contributed by atoms with E-state index in [0.29, 0.717) is 46.0 Å². The summed E-state index contributed by atoms with van der Waals surface area (Å²) in [5.41, 5.74) is 2.54. The van der Waals surface area contributed by atoms with Gasteiger partial charge in [-0.05, 0) is 68.3 Å². The Morgan fingerprint density at radius 2 is 1.77 bits per heavy atom. The van der Waals surface area contributed by atoms with Crippen LogP contribution in [0, 0.1) is 0 Å². The highest BCUT2D eigenvalue weighted by atomic mass is 32.1. The monoisotopic (exact) mass is 555 g/mol. The standard InChI is InChI=1S/C32H33N3O4S/c1-6-34(7-2)31(37)27-20(4)33-32-35(29(27)28-24-12-10-9-11-22(24)15-18-25(28)38-5)30(36)26(40-32)19-21-13-16-23(17-14-21)39-8-3/h9-19,29H,6-8H2,1-5H3/b26-19+/t29-/m1/s1. The van der Waals surface area contributed by atoms with E-state index >= 15 is 0 Å². The van der Waals surface area contributed by atoms with Crippen molar-refractivity contribution in [2.75, 3.05) is 26.8 Å². The maximum absolute atomic E-state index is 14.2. The normalized spacial score (nSPS) is 15.1. The molecule has 1 atom stereocenters. The van der Waals surface area contributed by atoms with Gasteiger partial charge in [0, 0.05) is 18.7 Å². The van der Waals surface area contributed by atoms with E-state index in [1.807, 2.05) is 94.4 Å². The molecular formula is C32H33N3O4S. The third kappa shape index (κ3) is 4.84. The lowest BCUT2D eigenvalue weighted by Gasteiger charge is -2.30. The molecule has 1 aliphatic rings. The van der Waals surface area contributed by atoms with Crippen LogP contribution in [0.5, 0.6) is 11.5 Å². The summed E-state index contributed by atoms with van der Waals surface area (Å²) in [6.45, 7) is 9.39. The van der Waals surface area contributed by atoms with Crippen molar-refractivity contribution in [2.24, 2.45) is 4.99 Å². The molecular weight excluding hydrogens is 522 g/mol. The molecule has 4 aromatic rings. The molecule has 0 N–H and O–H groups in total. The topological polar surface area (TPSA) is 73.1 Å². The summed E-state index contributed by atoms with van der Waals surface area (Å²) in [6, 6.07) is 18.8. The molecule has 0 radical (unpaired) electrons. The van der Waals surface area contributed by atoms with E-state index in [4.69, 9.17) is 14.5 Å². The molecule has 206 valence electrons. The van der Waals surface area contributed by atoms with Gasteiger partial charge in [-0.25, -0.2) is 4.99 Å². The van der Waals surface area contributed by atoms with E-state index in [0.717, 1.165) is 27.6 Å². The van der Waals surface area contributed by atoms with Crippen LogP contribution in [-0.4, -0.2) is 42.2 Å². The van der Waals surface area contributed by atoms with Crippen LogP contribution in [0.15, 0.2) is 81.7 Å². The van der Waals surface area contributed by atoms with Crippen molar-refractivity contribution in [2.45, 2.75) is 33.7 Å². The van der Waals surface area contributed by atoms with E-state index in [9.17, 15) is 9.59 Å². The van der Waals surface area contributed by atoms with Gasteiger partial charge in [0.25, 0.3) is 11.5 Å². The molecule has 0 saturated heterocycles. The van der Waals surface area contributed by atoms with Gasteiger partial charge in [-0.3, -0.25) is 14.2 Å². The predicted molar refractivity (Wildman–Crippen MR) is 160 cm³/mol. The van der Waals surface area contributed by atoms with Gasteiger partial charge in [-0.1, -0.05) is 53.8 Å². The lowest BCUT2D eigenvalue weighted by Crippen LogP contribution is -2.43. The zero-order chi connectivity index (χ0) is 28.4. The Hall–Kier alpha value is -4.17. The van der Waals surface area contributed by atoms with Gasteiger partial charge < -0.3 is 14.4 Å². The Morgan fingerprint density at radius 3 is 2.45 bits per heavy atom. The molecule has 8 heteroatoms. The highest BCUT2D eigenvalue weighted by Gasteiger charge is 2.36. The quantitative estimate of drug-likeness (QED) is 0.317. The summed E-state index contributed by atoms with van der Waals surface area (Å²) in [4.78, 5) is 35.3. The number of thiazole rings is 1. The molecule has 1 aromatic heterocycles. The molecule has 5 rings (SSSR count). The Morgan fingerprint density at radius 1 is 1.05 bits per heavy atom. The Balaban J connectivity index is 1.79. The molecule has 1 amide bonds. The molecule has 0 saturated carbocycles. The number of nitrogens with zero attached hydrogens (tertiary/aromatic N) is 3. The van der Waals surface area contributed by atoms with Gasteiger partial charge in [0.2, 0.25) is 0 Å². The third-order valence-electron chi connectivity index (χ3n) is 7.22. The summed E-state index contributed by atoms with van der Waals surface area (Å²) in [7, 11) is 1.62. The minimum atomic E-state index is -0.701. The Labute approximate surface area is 237 Å². The second-order valence-corrected chi connectivity index (χ2v) is 10.5. The predicted octanol–water partition coefficient (Wildman–Crippen LogP) is 4.66. The Kier molecular flexibility index (Phi) is 7.89. The number of hydrogen-bond acceptors (Lipinski definition) is 6. The van der Waals surface area contributed by atoms with Crippen LogP contribution in [0.2, 0.25) is 0 Å². The molecule has 0 bridgehead atoms. The van der Waals surface area contributed by atoms with Crippen LogP contribution in [0.4, 0.5) is 0 Å². The fourth-order valence-electron chi connectivity index (χ4n) is 5.26. The molecule has 3 aromatic carbocycles. The third-order valence-corrected chi connectivity index (χ3v) is 8.20. The zero-order valence-corrected chi connectivity index (χ0v) is 24.2. The van der Waals surface area contributed by atoms with Crippen molar-refractivity contribution >= 4 is 34.1 Å². The first kappa shape index (κ1) is 27.4. The van der Waals surface area contributed by atoms with Crippen molar-refractivity contribution in [1.82, 2.24) is 9.47 Å². The molecule has 0 fully saturated rings. The second-order valence-electron chi connectivity index (χ2n) is 9.46. The van der Waals surface area contributed by atoms with Crippen LogP contribution in [0.1, 0.15) is 44.9 Å². The minimum Gasteiger partial charge on any atom is -0.496 e. The molecule has 1 aliphatic heterocycles. The molecule has 0 spiro atoms. The minimum absolute atomic E-state index is 0.132. The van der Waals surface area contributed by atoms with E-state index in [-0.39, 0.29) is 11.5 Å². The molecule has 7 nitrogen and oxygen atoms in total. The maximum Gasteiger partial charge on any atom is 0.271 e. The number of aromatic nitrogens is 1. The van der Waals surface area contributed by atoms with Gasteiger partial charge in [-0.15, -0.1) is 0 Å². The zero-order valence-electron chi connectivity index (χ0n) is 23.4. The van der Waals surface area contributed by atoms with Gasteiger partial charge in [0.1, 0.15) is 17.5 Å². The number of hydrogen-bond donors (Lipinski definition) is 0. The van der Waals surface area contributed by atoms with Gasteiger partial charge in [0.05, 0.1) is 29.5 Å². The van der Waals surface area contributed by atoms with Crippen molar-refractivity contribution in [3.63, 3.8) is 0 Å². The van der Waals surface area contributed by atoms with Gasteiger partial charge in [0.15, 0.2) is 4.80 Å². The smallest absolute Gasteiger partial charge is 0.271 e. The van der Waals surface area contributed by atoms with Crippen LogP contribution in [-0.2, 0) is 4.79 Å². The van der Waals surface area contributed by atoms with E-state index in [1.165, 1.54) is 11.3 Å². The summed E-state index contributed by atoms with van der Waals surface area (Å²) in [5.74, 6) is 1.26. The van der Waals surface area contributed by atoms with Gasteiger partial charge >= 0.3 is 0 Å². The van der Waals surface area contributed by atoms with Crippen LogP contribution >= 0.6 is 11.3 Å². The lowest BCUT2D eigenvalue weighted by atomic mass is 9.90. The number of allylic oxidation sites excluding steroid dienone is 1. The van der Waals surface area contributed by atoms with Crippen LogP contribution < -0.4 is 24.4 Å². The molecule has 0 aliphatic carbocycles. The summed E-state index contributed by atoms with van der Waals surface area (Å²) >= 11 is 1.32. The fourth-order valence-corrected chi connectivity index (χ4v) is 6.31. The summed E-state index contributed by atoms with van der Waals surface area (Å²) in [6.07, 6.45) is 1.86. The lowest BCUT2D eigenvalue weighted by molar-refractivity contribution is -0.127. The molecule has 0 unspecified atom stereocenters. The van der Waals surface area contributed by atoms with Crippen molar-refractivity contribution < 1.29 is 14.3 Å². The summed E-state index contributed by atoms with van der Waals surface area (Å²) in [5, 5.41) is 1.92. The molecule has 2 heterocycles. The number of ether oxygens (including phenoxy) is 2. The second kappa shape index (κ2) is 11.5. The number of benzene rings is 3. The Bertz CT molecular complexity index is 1780. The highest BCUT2D eigenvalue weighted by molar-refractivity contribution is 7.07. The first-order valence-electron chi connectivity index (χ1n) is 13.5. The van der Waals surface area contributed by atoms with Crippen molar-refractivity contribution in [3.8, 4) is 11.5 Å². The molecule has 40 heavy (non-hydrogen) atoms. The number of rotatable bonds is 8. The van der Waals surface area contributed by atoms with Gasteiger partial charge in [-0.2, -0.15) is 0 Å². The van der Waals surface area contributed by atoms with Crippen LogP contribution in [0.25, 0.3) is 16.8 Å².